The van der Waals surface area contributed by atoms with Gasteiger partial charge in [0.05, 0.1) is 0 Å². The molecule has 4 heteroatoms. The molecule has 0 spiro atoms. The molecule has 0 saturated carbocycles. The van der Waals surface area contributed by atoms with Crippen LogP contribution in [0.15, 0.2) is 35.1 Å². The number of anilines is 1. The van der Waals surface area contributed by atoms with Gasteiger partial charge in [0.1, 0.15) is 0 Å². The van der Waals surface area contributed by atoms with Gasteiger partial charge in [0.15, 0.2) is 0 Å². The first-order valence-electron chi connectivity index (χ1n) is 6.78. The minimum atomic E-state index is 0.483. The zero-order chi connectivity index (χ0) is 13.7. The summed E-state index contributed by atoms with van der Waals surface area (Å²) in [7, 11) is 0. The van der Waals surface area contributed by atoms with Gasteiger partial charge in [0.25, 0.3) is 0 Å². The van der Waals surface area contributed by atoms with Gasteiger partial charge in [0, 0.05) is 17.3 Å². The summed E-state index contributed by atoms with van der Waals surface area (Å²) in [5, 5.41) is 11.1. The number of nitrogens with zero attached hydrogens (tertiary/aromatic N) is 2. The summed E-state index contributed by atoms with van der Waals surface area (Å²) < 4.78 is 5.16. The first-order valence-corrected chi connectivity index (χ1v) is 6.78. The Morgan fingerprint density at radius 3 is 2.42 bits per heavy atom. The van der Waals surface area contributed by atoms with Gasteiger partial charge in [-0.05, 0) is 49.9 Å². The molecule has 1 atom stereocenters. The summed E-state index contributed by atoms with van der Waals surface area (Å²) in [4.78, 5) is 0. The highest BCUT2D eigenvalue weighted by atomic mass is 16.4. The lowest BCUT2D eigenvalue weighted by Crippen LogP contribution is -2.15. The first-order chi connectivity index (χ1) is 9.15. The van der Waals surface area contributed by atoms with Crippen molar-refractivity contribution in [2.45, 2.75) is 39.7 Å². The molecule has 0 amide bonds. The summed E-state index contributed by atoms with van der Waals surface area (Å²) in [6, 6.07) is 8.56. The maximum Gasteiger partial charge on any atom is 0.247 e. The van der Waals surface area contributed by atoms with E-state index in [9.17, 15) is 0 Å². The number of rotatable bonds is 6. The minimum Gasteiger partial charge on any atom is -0.423 e. The lowest BCUT2D eigenvalue weighted by molar-refractivity contribution is 0.528. The minimum absolute atomic E-state index is 0.483. The van der Waals surface area contributed by atoms with E-state index in [4.69, 9.17) is 4.42 Å². The normalized spacial score (nSPS) is 12.6. The SMILES string of the molecule is CC(C)CCC(C)Nc1ccc(-c2nnco2)cc1. The number of hydrogen-bond donors (Lipinski definition) is 1. The van der Waals surface area contributed by atoms with Gasteiger partial charge >= 0.3 is 0 Å². The molecule has 1 N–H and O–H groups in total. The van der Waals surface area contributed by atoms with E-state index >= 15 is 0 Å². The van der Waals surface area contributed by atoms with Crippen LogP contribution in [0.25, 0.3) is 11.5 Å². The van der Waals surface area contributed by atoms with E-state index in [1.807, 2.05) is 24.3 Å². The van der Waals surface area contributed by atoms with Crippen LogP contribution in [0.1, 0.15) is 33.6 Å². The molecule has 0 aliphatic heterocycles. The molecular weight excluding hydrogens is 238 g/mol. The summed E-state index contributed by atoms with van der Waals surface area (Å²) in [6.45, 7) is 6.73. The number of benzene rings is 1. The van der Waals surface area contributed by atoms with E-state index in [0.29, 0.717) is 11.9 Å². The third-order valence-corrected chi connectivity index (χ3v) is 3.08. The second-order valence-electron chi connectivity index (χ2n) is 5.34. The van der Waals surface area contributed by atoms with Gasteiger partial charge in [-0.3, -0.25) is 0 Å². The van der Waals surface area contributed by atoms with Gasteiger partial charge in [-0.15, -0.1) is 10.2 Å². The van der Waals surface area contributed by atoms with Crippen LogP contribution >= 0.6 is 0 Å². The molecule has 4 nitrogen and oxygen atoms in total. The summed E-state index contributed by atoms with van der Waals surface area (Å²) in [5.41, 5.74) is 2.07. The molecule has 1 aromatic carbocycles. The van der Waals surface area contributed by atoms with E-state index < -0.39 is 0 Å². The van der Waals surface area contributed by atoms with Crippen molar-refractivity contribution in [3.05, 3.63) is 30.7 Å². The molecule has 0 saturated heterocycles. The van der Waals surface area contributed by atoms with Crippen LogP contribution < -0.4 is 5.32 Å². The van der Waals surface area contributed by atoms with E-state index in [-0.39, 0.29) is 0 Å². The van der Waals surface area contributed by atoms with Crippen LogP contribution in [0.5, 0.6) is 0 Å². The Labute approximate surface area is 114 Å². The zero-order valence-electron chi connectivity index (χ0n) is 11.8. The molecule has 2 aromatic rings. The smallest absolute Gasteiger partial charge is 0.247 e. The van der Waals surface area contributed by atoms with Crippen molar-refractivity contribution < 1.29 is 4.42 Å². The molecule has 0 radical (unpaired) electrons. The molecule has 0 aliphatic rings. The second kappa shape index (κ2) is 6.36. The highest BCUT2D eigenvalue weighted by Crippen LogP contribution is 2.20. The average Bonchev–Trinajstić information content (AvgIpc) is 2.91. The largest absolute Gasteiger partial charge is 0.423 e. The van der Waals surface area contributed by atoms with E-state index in [2.05, 4.69) is 36.3 Å². The van der Waals surface area contributed by atoms with Gasteiger partial charge in [-0.1, -0.05) is 13.8 Å². The number of hydrogen-bond acceptors (Lipinski definition) is 4. The maximum atomic E-state index is 5.16. The zero-order valence-corrected chi connectivity index (χ0v) is 11.8. The quantitative estimate of drug-likeness (QED) is 0.852. The van der Waals surface area contributed by atoms with Crippen molar-refractivity contribution in [3.63, 3.8) is 0 Å². The Hall–Kier alpha value is -1.84. The van der Waals surface area contributed by atoms with Crippen LogP contribution in [0, 0.1) is 5.92 Å². The molecule has 0 aliphatic carbocycles. The molecule has 1 unspecified atom stereocenters. The lowest BCUT2D eigenvalue weighted by atomic mass is 10.0. The van der Waals surface area contributed by atoms with Crippen molar-refractivity contribution in [1.82, 2.24) is 10.2 Å². The molecule has 1 aromatic heterocycles. The second-order valence-corrected chi connectivity index (χ2v) is 5.34. The molecule has 102 valence electrons. The van der Waals surface area contributed by atoms with E-state index in [1.165, 1.54) is 19.2 Å². The van der Waals surface area contributed by atoms with Crippen LogP contribution in [0.3, 0.4) is 0 Å². The standard InChI is InChI=1S/C15H21N3O/c1-11(2)4-5-12(3)17-14-8-6-13(7-9-14)15-18-16-10-19-15/h6-12,17H,4-5H2,1-3H3. The van der Waals surface area contributed by atoms with Gasteiger partial charge in [0.2, 0.25) is 12.3 Å². The van der Waals surface area contributed by atoms with Gasteiger partial charge in [-0.25, -0.2) is 0 Å². The fourth-order valence-electron chi connectivity index (χ4n) is 1.95. The molecule has 1 heterocycles. The Kier molecular flexibility index (Phi) is 4.55. The third-order valence-electron chi connectivity index (χ3n) is 3.08. The number of aromatic nitrogens is 2. The Bertz CT molecular complexity index is 477. The van der Waals surface area contributed by atoms with Crippen molar-refractivity contribution in [2.24, 2.45) is 5.92 Å². The summed E-state index contributed by atoms with van der Waals surface area (Å²) in [6.07, 6.45) is 3.77. The Balaban J connectivity index is 1.92. The molecular formula is C15H21N3O. The average molecular weight is 259 g/mol. The Morgan fingerprint density at radius 1 is 1.11 bits per heavy atom. The summed E-state index contributed by atoms with van der Waals surface area (Å²) >= 11 is 0. The molecule has 2 rings (SSSR count). The molecule has 0 fully saturated rings. The monoisotopic (exact) mass is 259 g/mol. The van der Waals surface area contributed by atoms with Crippen LogP contribution in [0.4, 0.5) is 5.69 Å². The van der Waals surface area contributed by atoms with Crippen LogP contribution in [-0.2, 0) is 0 Å². The highest BCUT2D eigenvalue weighted by Gasteiger charge is 2.06. The predicted octanol–water partition coefficient (Wildman–Crippen LogP) is 3.97. The van der Waals surface area contributed by atoms with E-state index in [1.54, 1.807) is 0 Å². The maximum absolute atomic E-state index is 5.16. The van der Waals surface area contributed by atoms with Crippen LogP contribution in [0.2, 0.25) is 0 Å². The molecule has 19 heavy (non-hydrogen) atoms. The van der Waals surface area contributed by atoms with Gasteiger partial charge in [-0.2, -0.15) is 0 Å². The Morgan fingerprint density at radius 2 is 1.84 bits per heavy atom. The number of nitrogens with one attached hydrogen (secondary N) is 1. The topological polar surface area (TPSA) is 51.0 Å². The van der Waals surface area contributed by atoms with Crippen molar-refractivity contribution in [1.29, 1.82) is 0 Å². The highest BCUT2D eigenvalue weighted by molar-refractivity contribution is 5.58. The molecule has 0 bridgehead atoms. The third kappa shape index (κ3) is 4.09. The van der Waals surface area contributed by atoms with Crippen LogP contribution in [-0.4, -0.2) is 16.2 Å². The predicted molar refractivity (Wildman–Crippen MR) is 76.9 cm³/mol. The fraction of sp³-hybridized carbons (Fsp3) is 0.467. The van der Waals surface area contributed by atoms with Crippen molar-refractivity contribution in [2.75, 3.05) is 5.32 Å². The lowest BCUT2D eigenvalue weighted by Gasteiger charge is -2.16. The first kappa shape index (κ1) is 13.6. The van der Waals surface area contributed by atoms with Crippen molar-refractivity contribution >= 4 is 5.69 Å². The van der Waals surface area contributed by atoms with E-state index in [0.717, 1.165) is 17.2 Å². The van der Waals surface area contributed by atoms with Crippen molar-refractivity contribution in [3.8, 4) is 11.5 Å². The van der Waals surface area contributed by atoms with Gasteiger partial charge < -0.3 is 9.73 Å². The summed E-state index contributed by atoms with van der Waals surface area (Å²) in [5.74, 6) is 1.31. The fourth-order valence-corrected chi connectivity index (χ4v) is 1.95.